The summed E-state index contributed by atoms with van der Waals surface area (Å²) in [5, 5.41) is 7.39. The van der Waals surface area contributed by atoms with Crippen molar-refractivity contribution in [2.45, 2.75) is 12.3 Å². The van der Waals surface area contributed by atoms with E-state index in [-0.39, 0.29) is 5.56 Å². The zero-order chi connectivity index (χ0) is 39.5. The summed E-state index contributed by atoms with van der Waals surface area (Å²) >= 11 is 0. The van der Waals surface area contributed by atoms with Gasteiger partial charge < -0.3 is 4.57 Å². The van der Waals surface area contributed by atoms with Crippen LogP contribution in [0.4, 0.5) is 0 Å². The van der Waals surface area contributed by atoms with E-state index in [0.717, 1.165) is 66.8 Å². The molecule has 1 unspecified atom stereocenters. The SMILES string of the molecule is O=c1c2ccccc2c2cc(-c3ccc4c(c3)c3ccccc3n4-c3ccccc3)cc3c4cc(-c5ccc6c(c5)-c5ccccc5CC6c5ccccc5)ccc4n1c23. The highest BCUT2D eigenvalue weighted by molar-refractivity contribution is 6.22. The van der Waals surface area contributed by atoms with Crippen LogP contribution in [-0.2, 0) is 6.42 Å². The second kappa shape index (κ2) is 12.6. The van der Waals surface area contributed by atoms with Gasteiger partial charge in [0, 0.05) is 43.9 Å². The summed E-state index contributed by atoms with van der Waals surface area (Å²) in [6, 6.07) is 72.3. The van der Waals surface area contributed by atoms with E-state index in [1.165, 1.54) is 55.2 Å². The van der Waals surface area contributed by atoms with Gasteiger partial charge in [0.25, 0.3) is 5.56 Å². The molecule has 0 spiro atoms. The molecule has 0 saturated heterocycles. The molecule has 0 aliphatic heterocycles. The lowest BCUT2D eigenvalue weighted by molar-refractivity contribution is 0.794. The van der Waals surface area contributed by atoms with Crippen LogP contribution in [-0.4, -0.2) is 8.97 Å². The van der Waals surface area contributed by atoms with Crippen LogP contribution in [0.25, 0.3) is 98.8 Å². The first-order valence-corrected chi connectivity index (χ1v) is 20.8. The second-order valence-electron chi connectivity index (χ2n) is 16.4. The van der Waals surface area contributed by atoms with E-state index < -0.39 is 0 Å². The van der Waals surface area contributed by atoms with Crippen LogP contribution >= 0.6 is 0 Å². The number of hydrogen-bond acceptors (Lipinski definition) is 1. The van der Waals surface area contributed by atoms with Crippen LogP contribution in [0.15, 0.2) is 205 Å². The van der Waals surface area contributed by atoms with E-state index in [9.17, 15) is 4.79 Å². The van der Waals surface area contributed by atoms with Gasteiger partial charge in [-0.25, -0.2) is 0 Å². The maximum Gasteiger partial charge on any atom is 0.263 e. The van der Waals surface area contributed by atoms with Gasteiger partial charge in [-0.15, -0.1) is 0 Å². The summed E-state index contributed by atoms with van der Waals surface area (Å²) in [5.41, 5.74) is 16.7. The lowest BCUT2D eigenvalue weighted by Crippen LogP contribution is -2.13. The highest BCUT2D eigenvalue weighted by atomic mass is 16.1. The number of pyridine rings is 1. The molecule has 3 heterocycles. The third-order valence-corrected chi connectivity index (χ3v) is 13.2. The van der Waals surface area contributed by atoms with E-state index >= 15 is 0 Å². The molecule has 0 radical (unpaired) electrons. The second-order valence-corrected chi connectivity index (χ2v) is 16.4. The summed E-state index contributed by atoms with van der Waals surface area (Å²) in [6.45, 7) is 0. The first-order chi connectivity index (χ1) is 29.7. The Morgan fingerprint density at radius 1 is 0.400 bits per heavy atom. The van der Waals surface area contributed by atoms with Gasteiger partial charge in [0.2, 0.25) is 0 Å². The molecular formula is C57H36N2O. The van der Waals surface area contributed by atoms with Crippen LogP contribution < -0.4 is 5.56 Å². The maximum atomic E-state index is 14.5. The highest BCUT2D eigenvalue weighted by Gasteiger charge is 2.27. The minimum atomic E-state index is 0.0195. The smallest absolute Gasteiger partial charge is 0.263 e. The van der Waals surface area contributed by atoms with Crippen molar-refractivity contribution in [1.82, 2.24) is 8.97 Å². The van der Waals surface area contributed by atoms with E-state index in [1.807, 2.05) is 22.6 Å². The lowest BCUT2D eigenvalue weighted by Gasteiger charge is -2.29. The molecule has 13 rings (SSSR count). The van der Waals surface area contributed by atoms with Crippen molar-refractivity contribution < 1.29 is 0 Å². The maximum absolute atomic E-state index is 14.5. The fraction of sp³-hybridized carbons (Fsp3) is 0.0351. The van der Waals surface area contributed by atoms with Crippen molar-refractivity contribution in [3.8, 4) is 39.1 Å². The van der Waals surface area contributed by atoms with Crippen molar-refractivity contribution >= 4 is 59.8 Å². The van der Waals surface area contributed by atoms with Gasteiger partial charge in [-0.1, -0.05) is 133 Å². The van der Waals surface area contributed by atoms with Gasteiger partial charge in [-0.05, 0) is 129 Å². The van der Waals surface area contributed by atoms with Gasteiger partial charge >= 0.3 is 0 Å². The van der Waals surface area contributed by atoms with Gasteiger partial charge in [0.15, 0.2) is 0 Å². The molecule has 1 atom stereocenters. The standard InChI is InChI=1S/C57H36N2O/c60-57-46-21-10-9-19-43(46)51-33-40(38-25-27-54-49(31-38)45-20-11-12-22-53(45)58(54)41-16-5-2-6-17-41)34-52-50-30-37(24-28-55(50)59(57)56(51)52)36-23-26-44-47(35-13-3-1-4-14-35)32-39-15-7-8-18-42(39)48(44)29-36/h1-31,33-34,47H,32H2. The van der Waals surface area contributed by atoms with Crippen LogP contribution in [0.2, 0.25) is 0 Å². The number of para-hydroxylation sites is 2. The topological polar surface area (TPSA) is 26.4 Å². The van der Waals surface area contributed by atoms with Crippen LogP contribution in [0.5, 0.6) is 0 Å². The molecule has 3 aromatic heterocycles. The average molecular weight is 765 g/mol. The monoisotopic (exact) mass is 764 g/mol. The quantitative estimate of drug-likeness (QED) is 0.164. The Balaban J connectivity index is 1.04. The molecular weight excluding hydrogens is 729 g/mol. The average Bonchev–Trinajstić information content (AvgIpc) is 3.83. The van der Waals surface area contributed by atoms with E-state index in [1.54, 1.807) is 0 Å². The number of rotatable bonds is 4. The molecule has 9 aromatic carbocycles. The fourth-order valence-electron chi connectivity index (χ4n) is 10.5. The number of hydrogen-bond donors (Lipinski definition) is 0. The summed E-state index contributed by atoms with van der Waals surface area (Å²) in [5.74, 6) is 0.297. The van der Waals surface area contributed by atoms with E-state index in [2.05, 4.69) is 187 Å². The molecule has 0 N–H and O–H groups in total. The summed E-state index contributed by atoms with van der Waals surface area (Å²) in [6.07, 6.45) is 0.987. The van der Waals surface area contributed by atoms with Crippen molar-refractivity contribution in [3.05, 3.63) is 227 Å². The molecule has 3 nitrogen and oxygen atoms in total. The molecule has 0 bridgehead atoms. The predicted molar refractivity (Wildman–Crippen MR) is 250 cm³/mol. The Labute approximate surface area is 346 Å². The third-order valence-electron chi connectivity index (χ3n) is 13.2. The van der Waals surface area contributed by atoms with Gasteiger partial charge in [-0.3, -0.25) is 9.20 Å². The minimum absolute atomic E-state index is 0.0195. The Kier molecular flexibility index (Phi) is 6.99. The van der Waals surface area contributed by atoms with E-state index in [4.69, 9.17) is 0 Å². The predicted octanol–water partition coefficient (Wildman–Crippen LogP) is 14.0. The number of fused-ring (bicyclic) bond motifs is 11. The fourth-order valence-corrected chi connectivity index (χ4v) is 10.5. The van der Waals surface area contributed by atoms with Crippen molar-refractivity contribution in [1.29, 1.82) is 0 Å². The van der Waals surface area contributed by atoms with Crippen molar-refractivity contribution in [2.24, 2.45) is 0 Å². The summed E-state index contributed by atoms with van der Waals surface area (Å²) in [7, 11) is 0. The Bertz CT molecular complexity index is 3760. The molecule has 1 aliphatic rings. The molecule has 0 amide bonds. The van der Waals surface area contributed by atoms with Crippen LogP contribution in [0, 0.1) is 0 Å². The molecule has 3 heteroatoms. The normalized spacial score (nSPS) is 13.8. The minimum Gasteiger partial charge on any atom is -0.309 e. The van der Waals surface area contributed by atoms with Gasteiger partial charge in [0.05, 0.1) is 22.1 Å². The number of benzene rings is 9. The number of aromatic nitrogens is 2. The third kappa shape index (κ3) is 4.75. The Morgan fingerprint density at radius 2 is 0.967 bits per heavy atom. The van der Waals surface area contributed by atoms with E-state index in [0.29, 0.717) is 5.92 Å². The summed E-state index contributed by atoms with van der Waals surface area (Å²) in [4.78, 5) is 14.5. The van der Waals surface area contributed by atoms with Crippen LogP contribution in [0.3, 0.4) is 0 Å². The highest BCUT2D eigenvalue weighted by Crippen LogP contribution is 2.46. The van der Waals surface area contributed by atoms with Gasteiger partial charge in [-0.2, -0.15) is 0 Å². The Morgan fingerprint density at radius 3 is 1.78 bits per heavy atom. The first kappa shape index (κ1) is 33.2. The molecule has 0 saturated carbocycles. The molecule has 1 aliphatic carbocycles. The lowest BCUT2D eigenvalue weighted by atomic mass is 9.75. The zero-order valence-electron chi connectivity index (χ0n) is 32.6. The molecule has 280 valence electrons. The van der Waals surface area contributed by atoms with Crippen molar-refractivity contribution in [3.63, 3.8) is 0 Å². The summed E-state index contributed by atoms with van der Waals surface area (Å²) < 4.78 is 4.32. The number of nitrogens with zero attached hydrogens (tertiary/aromatic N) is 2. The van der Waals surface area contributed by atoms with Crippen LogP contribution in [0.1, 0.15) is 22.6 Å². The van der Waals surface area contributed by atoms with Crippen molar-refractivity contribution in [2.75, 3.05) is 0 Å². The first-order valence-electron chi connectivity index (χ1n) is 20.8. The molecule has 60 heavy (non-hydrogen) atoms. The Hall–Kier alpha value is -7.75. The largest absolute Gasteiger partial charge is 0.309 e. The molecule has 12 aromatic rings. The molecule has 0 fully saturated rings. The zero-order valence-corrected chi connectivity index (χ0v) is 32.6. The van der Waals surface area contributed by atoms with Gasteiger partial charge in [0.1, 0.15) is 0 Å².